The van der Waals surface area contributed by atoms with Crippen LogP contribution in [0.2, 0.25) is 0 Å². The van der Waals surface area contributed by atoms with Crippen molar-refractivity contribution in [1.29, 1.82) is 0 Å². The first-order valence-electron chi connectivity index (χ1n) is 5.87. The molecule has 0 bridgehead atoms. The van der Waals surface area contributed by atoms with E-state index in [1.165, 1.54) is 35.7 Å². The standard InChI is InChI=1S/C13H20N2S/c1-15(2)13-5-3-11(4-6-13)14-12-7-9-16-10-8-12/h3-6,12,14H,7-10H2,1-2H3. The number of hydrogen-bond acceptors (Lipinski definition) is 3. The molecule has 0 atom stereocenters. The lowest BCUT2D eigenvalue weighted by Crippen LogP contribution is -2.24. The third kappa shape index (κ3) is 3.08. The highest BCUT2D eigenvalue weighted by molar-refractivity contribution is 7.99. The third-order valence-electron chi connectivity index (χ3n) is 2.98. The highest BCUT2D eigenvalue weighted by Crippen LogP contribution is 2.22. The largest absolute Gasteiger partial charge is 0.382 e. The summed E-state index contributed by atoms with van der Waals surface area (Å²) in [6.07, 6.45) is 2.58. The lowest BCUT2D eigenvalue weighted by molar-refractivity contribution is 0.667. The fourth-order valence-corrected chi connectivity index (χ4v) is 3.04. The molecule has 0 aromatic heterocycles. The van der Waals surface area contributed by atoms with Gasteiger partial charge in [-0.1, -0.05) is 0 Å². The van der Waals surface area contributed by atoms with E-state index in [1.807, 2.05) is 0 Å². The van der Waals surface area contributed by atoms with E-state index in [2.05, 4.69) is 60.3 Å². The van der Waals surface area contributed by atoms with Crippen LogP contribution in [0.1, 0.15) is 12.8 Å². The Morgan fingerprint density at radius 3 is 2.31 bits per heavy atom. The van der Waals surface area contributed by atoms with Crippen LogP contribution in [-0.4, -0.2) is 31.6 Å². The number of anilines is 2. The molecule has 2 nitrogen and oxygen atoms in total. The summed E-state index contributed by atoms with van der Waals surface area (Å²) < 4.78 is 0. The van der Waals surface area contributed by atoms with Gasteiger partial charge in [0.05, 0.1) is 0 Å². The molecule has 0 unspecified atom stereocenters. The second-order valence-corrected chi connectivity index (χ2v) is 5.70. The van der Waals surface area contributed by atoms with Crippen LogP contribution in [0.4, 0.5) is 11.4 Å². The van der Waals surface area contributed by atoms with Gasteiger partial charge in [0.1, 0.15) is 0 Å². The molecule has 0 saturated carbocycles. The molecule has 88 valence electrons. The highest BCUT2D eigenvalue weighted by Gasteiger charge is 2.12. The van der Waals surface area contributed by atoms with Gasteiger partial charge in [-0.2, -0.15) is 11.8 Å². The van der Waals surface area contributed by atoms with Crippen molar-refractivity contribution in [3.05, 3.63) is 24.3 Å². The average Bonchev–Trinajstić information content (AvgIpc) is 2.31. The summed E-state index contributed by atoms with van der Waals surface area (Å²) in [4.78, 5) is 2.13. The van der Waals surface area contributed by atoms with Gasteiger partial charge in [0.25, 0.3) is 0 Å². The smallest absolute Gasteiger partial charge is 0.0362 e. The summed E-state index contributed by atoms with van der Waals surface area (Å²) >= 11 is 2.07. The van der Waals surface area contributed by atoms with Crippen molar-refractivity contribution >= 4 is 23.1 Å². The number of hydrogen-bond donors (Lipinski definition) is 1. The quantitative estimate of drug-likeness (QED) is 0.868. The van der Waals surface area contributed by atoms with Crippen LogP contribution in [0.5, 0.6) is 0 Å². The van der Waals surface area contributed by atoms with Gasteiger partial charge in [-0.25, -0.2) is 0 Å². The SMILES string of the molecule is CN(C)c1ccc(NC2CCSCC2)cc1. The Bertz CT molecular complexity index is 315. The fraction of sp³-hybridized carbons (Fsp3) is 0.538. The summed E-state index contributed by atoms with van der Waals surface area (Å²) in [6, 6.07) is 9.36. The minimum Gasteiger partial charge on any atom is -0.382 e. The van der Waals surface area contributed by atoms with Gasteiger partial charge in [0.15, 0.2) is 0 Å². The summed E-state index contributed by atoms with van der Waals surface area (Å²) in [5, 5.41) is 3.62. The van der Waals surface area contributed by atoms with Gasteiger partial charge >= 0.3 is 0 Å². The predicted molar refractivity (Wildman–Crippen MR) is 74.7 cm³/mol. The van der Waals surface area contributed by atoms with Gasteiger partial charge in [-0.3, -0.25) is 0 Å². The first kappa shape index (κ1) is 11.6. The van der Waals surface area contributed by atoms with E-state index in [0.29, 0.717) is 6.04 Å². The van der Waals surface area contributed by atoms with Crippen molar-refractivity contribution in [2.24, 2.45) is 0 Å². The Balaban J connectivity index is 1.93. The van der Waals surface area contributed by atoms with Crippen molar-refractivity contribution < 1.29 is 0 Å². The maximum absolute atomic E-state index is 3.62. The number of rotatable bonds is 3. The molecule has 1 aliphatic heterocycles. The Kier molecular flexibility index (Phi) is 3.99. The molecule has 1 aromatic rings. The van der Waals surface area contributed by atoms with Gasteiger partial charge < -0.3 is 10.2 Å². The normalized spacial score (nSPS) is 17.1. The predicted octanol–water partition coefficient (Wildman–Crippen LogP) is 3.06. The minimum atomic E-state index is 0.673. The fourth-order valence-electron chi connectivity index (χ4n) is 1.93. The monoisotopic (exact) mass is 236 g/mol. The Labute approximate surface area is 102 Å². The maximum atomic E-state index is 3.62. The second kappa shape index (κ2) is 5.48. The number of thioether (sulfide) groups is 1. The topological polar surface area (TPSA) is 15.3 Å². The van der Waals surface area contributed by atoms with Crippen molar-refractivity contribution in [2.45, 2.75) is 18.9 Å². The molecule has 1 aromatic carbocycles. The lowest BCUT2D eigenvalue weighted by Gasteiger charge is -2.24. The van der Waals surface area contributed by atoms with Crippen LogP contribution >= 0.6 is 11.8 Å². The van der Waals surface area contributed by atoms with E-state index in [-0.39, 0.29) is 0 Å². The first-order valence-corrected chi connectivity index (χ1v) is 7.03. The summed E-state index contributed by atoms with van der Waals surface area (Å²) in [6.45, 7) is 0. The highest BCUT2D eigenvalue weighted by atomic mass is 32.2. The lowest BCUT2D eigenvalue weighted by atomic mass is 10.1. The molecule has 1 N–H and O–H groups in total. The van der Waals surface area contributed by atoms with E-state index in [4.69, 9.17) is 0 Å². The molecule has 1 fully saturated rings. The van der Waals surface area contributed by atoms with Crippen LogP contribution in [0.15, 0.2) is 24.3 Å². The zero-order valence-corrected chi connectivity index (χ0v) is 10.9. The van der Waals surface area contributed by atoms with Crippen molar-refractivity contribution in [3.8, 4) is 0 Å². The van der Waals surface area contributed by atoms with Gasteiger partial charge in [-0.05, 0) is 48.6 Å². The third-order valence-corrected chi connectivity index (χ3v) is 4.02. The van der Waals surface area contributed by atoms with Crippen LogP contribution in [-0.2, 0) is 0 Å². The molecule has 1 aliphatic rings. The Morgan fingerprint density at radius 2 is 1.75 bits per heavy atom. The first-order chi connectivity index (χ1) is 7.75. The number of nitrogens with zero attached hydrogens (tertiary/aromatic N) is 1. The maximum Gasteiger partial charge on any atom is 0.0362 e. The zero-order valence-electron chi connectivity index (χ0n) is 10.1. The molecule has 0 spiro atoms. The van der Waals surface area contributed by atoms with E-state index in [1.54, 1.807) is 0 Å². The molecular formula is C13H20N2S. The summed E-state index contributed by atoms with van der Waals surface area (Å²) in [5.41, 5.74) is 2.51. The summed E-state index contributed by atoms with van der Waals surface area (Å²) in [7, 11) is 4.14. The van der Waals surface area contributed by atoms with E-state index in [0.717, 1.165) is 0 Å². The number of benzene rings is 1. The van der Waals surface area contributed by atoms with Gasteiger partial charge in [0, 0.05) is 31.5 Å². The van der Waals surface area contributed by atoms with E-state index in [9.17, 15) is 0 Å². The molecule has 1 saturated heterocycles. The van der Waals surface area contributed by atoms with E-state index < -0.39 is 0 Å². The van der Waals surface area contributed by atoms with Crippen LogP contribution in [0.3, 0.4) is 0 Å². The molecule has 16 heavy (non-hydrogen) atoms. The van der Waals surface area contributed by atoms with Crippen molar-refractivity contribution in [3.63, 3.8) is 0 Å². The molecule has 1 heterocycles. The van der Waals surface area contributed by atoms with Crippen LogP contribution < -0.4 is 10.2 Å². The van der Waals surface area contributed by atoms with E-state index >= 15 is 0 Å². The van der Waals surface area contributed by atoms with Crippen molar-refractivity contribution in [2.75, 3.05) is 35.8 Å². The van der Waals surface area contributed by atoms with Crippen LogP contribution in [0, 0.1) is 0 Å². The van der Waals surface area contributed by atoms with Crippen molar-refractivity contribution in [1.82, 2.24) is 0 Å². The second-order valence-electron chi connectivity index (χ2n) is 4.47. The molecule has 0 amide bonds. The van der Waals surface area contributed by atoms with Crippen LogP contribution in [0.25, 0.3) is 0 Å². The van der Waals surface area contributed by atoms with Gasteiger partial charge in [-0.15, -0.1) is 0 Å². The number of nitrogens with one attached hydrogen (secondary N) is 1. The minimum absolute atomic E-state index is 0.673. The molecule has 0 radical (unpaired) electrons. The molecular weight excluding hydrogens is 216 g/mol. The molecule has 0 aliphatic carbocycles. The average molecular weight is 236 g/mol. The molecule has 2 rings (SSSR count). The summed E-state index contributed by atoms with van der Waals surface area (Å²) in [5.74, 6) is 2.60. The Hall–Kier alpha value is -0.830. The Morgan fingerprint density at radius 1 is 1.12 bits per heavy atom. The van der Waals surface area contributed by atoms with Gasteiger partial charge in [0.2, 0.25) is 0 Å². The zero-order chi connectivity index (χ0) is 11.4. The molecule has 3 heteroatoms.